The van der Waals surface area contributed by atoms with Crippen LogP contribution < -0.4 is 21.3 Å². The number of nitrogens with two attached hydrogens (primary N) is 1. The molecule has 1 heterocycles. The summed E-state index contributed by atoms with van der Waals surface area (Å²) in [4.78, 5) is 26.9. The Bertz CT molecular complexity index is 1450. The average Bonchev–Trinajstić information content (AvgIpc) is 3.01. The number of unbranched alkanes of at least 4 members (excludes halogenated alkanes) is 1. The summed E-state index contributed by atoms with van der Waals surface area (Å²) >= 11 is 0. The third-order valence-corrected chi connectivity index (χ3v) is 9.12. The van der Waals surface area contributed by atoms with Crippen molar-refractivity contribution in [2.24, 2.45) is 0 Å². The normalized spacial score (nSPS) is 16.8. The molecule has 4 rings (SSSR count). The Morgan fingerprint density at radius 2 is 1.67 bits per heavy atom. The van der Waals surface area contributed by atoms with Gasteiger partial charge in [0.15, 0.2) is 9.84 Å². The highest BCUT2D eigenvalue weighted by Crippen LogP contribution is 2.25. The number of para-hydroxylation sites is 1. The standard InChI is InChI=1S/C32H40N4O6S/c1-41-32(38)35-22-31(37)36(30-13-6-5-11-25(30)19-24-9-3-2-4-10-24)18-8-7-12-27-20-34-21-28(42-27)23-43(39,40)29-16-14-26(33)15-17-29/h2-6,9-11,13-17,27-28,34H,7-8,12,18-23,33H2,1H3,(H,35,38)/t27?,28-/m0/s1. The van der Waals surface area contributed by atoms with Gasteiger partial charge in [-0.1, -0.05) is 48.5 Å². The maximum atomic E-state index is 13.3. The van der Waals surface area contributed by atoms with Crippen LogP contribution in [-0.2, 0) is 30.5 Å². The van der Waals surface area contributed by atoms with Gasteiger partial charge in [-0.05, 0) is 67.1 Å². The summed E-state index contributed by atoms with van der Waals surface area (Å²) in [6, 6.07) is 24.0. The number of methoxy groups -OCH3 is 1. The molecule has 0 spiro atoms. The first kappa shape index (κ1) is 32.0. The highest BCUT2D eigenvalue weighted by molar-refractivity contribution is 7.91. The number of hydrogen-bond donors (Lipinski definition) is 3. The van der Waals surface area contributed by atoms with E-state index in [0.717, 1.165) is 23.2 Å². The minimum atomic E-state index is -3.52. The number of ether oxygens (including phenoxy) is 2. The molecule has 0 saturated carbocycles. The predicted molar refractivity (Wildman–Crippen MR) is 167 cm³/mol. The lowest BCUT2D eigenvalue weighted by Crippen LogP contribution is -2.47. The maximum absolute atomic E-state index is 13.3. The lowest BCUT2D eigenvalue weighted by Gasteiger charge is -2.31. The molecule has 2 amide bonds. The highest BCUT2D eigenvalue weighted by Gasteiger charge is 2.28. The largest absolute Gasteiger partial charge is 0.453 e. The zero-order chi connectivity index (χ0) is 30.7. The summed E-state index contributed by atoms with van der Waals surface area (Å²) in [7, 11) is -2.26. The van der Waals surface area contributed by atoms with Gasteiger partial charge in [-0.2, -0.15) is 0 Å². The first-order valence-electron chi connectivity index (χ1n) is 14.4. The van der Waals surface area contributed by atoms with Crippen LogP contribution in [0.5, 0.6) is 0 Å². The second kappa shape index (κ2) is 15.5. The number of benzene rings is 3. The van der Waals surface area contributed by atoms with Crippen LogP contribution in [0.25, 0.3) is 0 Å². The van der Waals surface area contributed by atoms with Crippen molar-refractivity contribution in [1.82, 2.24) is 10.6 Å². The van der Waals surface area contributed by atoms with E-state index in [-0.39, 0.29) is 29.2 Å². The molecule has 3 aromatic rings. The van der Waals surface area contributed by atoms with Gasteiger partial charge in [0.1, 0.15) is 6.54 Å². The smallest absolute Gasteiger partial charge is 0.407 e. The van der Waals surface area contributed by atoms with Gasteiger partial charge in [0.2, 0.25) is 5.91 Å². The second-order valence-electron chi connectivity index (χ2n) is 10.6. The van der Waals surface area contributed by atoms with Crippen molar-refractivity contribution >= 4 is 33.2 Å². The summed E-state index contributed by atoms with van der Waals surface area (Å²) < 4.78 is 36.6. The van der Waals surface area contributed by atoms with E-state index in [1.807, 2.05) is 54.6 Å². The number of anilines is 2. The van der Waals surface area contributed by atoms with E-state index in [2.05, 4.69) is 15.4 Å². The Morgan fingerprint density at radius 1 is 0.977 bits per heavy atom. The number of carbonyl (C=O) groups is 2. The topological polar surface area (TPSA) is 140 Å². The third-order valence-electron chi connectivity index (χ3n) is 7.32. The molecule has 0 radical (unpaired) electrons. The van der Waals surface area contributed by atoms with Crippen LogP contribution in [0.1, 0.15) is 30.4 Å². The Hall–Kier alpha value is -3.93. The van der Waals surface area contributed by atoms with Crippen LogP contribution in [0.3, 0.4) is 0 Å². The van der Waals surface area contributed by atoms with Crippen molar-refractivity contribution in [2.75, 3.05) is 49.7 Å². The molecule has 1 aliphatic heterocycles. The molecule has 43 heavy (non-hydrogen) atoms. The summed E-state index contributed by atoms with van der Waals surface area (Å²) in [5, 5.41) is 5.79. The lowest BCUT2D eigenvalue weighted by molar-refractivity contribution is -0.117. The third kappa shape index (κ3) is 9.54. The Morgan fingerprint density at radius 3 is 2.42 bits per heavy atom. The molecule has 2 atom stereocenters. The van der Waals surface area contributed by atoms with Crippen molar-refractivity contribution in [3.8, 4) is 0 Å². The molecule has 3 aromatic carbocycles. The number of amides is 2. The molecule has 0 aliphatic carbocycles. The average molecular weight is 609 g/mol. The number of morpholine rings is 1. The predicted octanol–water partition coefficient (Wildman–Crippen LogP) is 3.55. The first-order valence-corrected chi connectivity index (χ1v) is 16.1. The van der Waals surface area contributed by atoms with Gasteiger partial charge in [0.05, 0.1) is 30.0 Å². The molecule has 0 aromatic heterocycles. The fraction of sp³-hybridized carbons (Fsp3) is 0.375. The van der Waals surface area contributed by atoms with E-state index in [1.165, 1.54) is 19.2 Å². The molecule has 1 saturated heterocycles. The number of rotatable bonds is 13. The fourth-order valence-corrected chi connectivity index (χ4v) is 6.56. The number of nitrogens with one attached hydrogen (secondary N) is 2. The van der Waals surface area contributed by atoms with E-state index in [0.29, 0.717) is 44.6 Å². The molecule has 1 fully saturated rings. The SMILES string of the molecule is COC(=O)NCC(=O)N(CCCCC1CNC[C@@H](CS(=O)(=O)c2ccc(N)cc2)O1)c1ccccc1Cc1ccccc1. The summed E-state index contributed by atoms with van der Waals surface area (Å²) in [5.41, 5.74) is 9.14. The van der Waals surface area contributed by atoms with Gasteiger partial charge in [0.25, 0.3) is 0 Å². The summed E-state index contributed by atoms with van der Waals surface area (Å²) in [6.45, 7) is 1.34. The minimum absolute atomic E-state index is 0.117. The van der Waals surface area contributed by atoms with E-state index in [4.69, 9.17) is 10.5 Å². The van der Waals surface area contributed by atoms with E-state index >= 15 is 0 Å². The molecule has 1 aliphatic rings. The Kier molecular flexibility index (Phi) is 11.5. The highest BCUT2D eigenvalue weighted by atomic mass is 32.2. The Balaban J connectivity index is 1.36. The van der Waals surface area contributed by atoms with Crippen molar-refractivity contribution in [1.29, 1.82) is 0 Å². The molecule has 0 bridgehead atoms. The number of alkyl carbamates (subject to hydrolysis) is 1. The van der Waals surface area contributed by atoms with Gasteiger partial charge < -0.3 is 30.7 Å². The van der Waals surface area contributed by atoms with Crippen LogP contribution >= 0.6 is 0 Å². The van der Waals surface area contributed by atoms with Gasteiger partial charge >= 0.3 is 6.09 Å². The first-order chi connectivity index (χ1) is 20.7. The van der Waals surface area contributed by atoms with E-state index in [9.17, 15) is 18.0 Å². The number of carbonyl (C=O) groups excluding carboxylic acids is 2. The monoisotopic (exact) mass is 608 g/mol. The molecular weight excluding hydrogens is 568 g/mol. The minimum Gasteiger partial charge on any atom is -0.453 e. The number of nitrogens with zero attached hydrogens (tertiary/aromatic N) is 1. The van der Waals surface area contributed by atoms with Crippen LogP contribution in [0.4, 0.5) is 16.2 Å². The molecule has 11 heteroatoms. The maximum Gasteiger partial charge on any atom is 0.407 e. The van der Waals surface area contributed by atoms with Crippen LogP contribution in [-0.4, -0.2) is 71.7 Å². The van der Waals surface area contributed by atoms with Gasteiger partial charge in [-0.25, -0.2) is 13.2 Å². The van der Waals surface area contributed by atoms with Crippen LogP contribution in [0, 0.1) is 0 Å². The van der Waals surface area contributed by atoms with Crippen LogP contribution in [0.15, 0.2) is 83.8 Å². The second-order valence-corrected chi connectivity index (χ2v) is 12.6. The van der Waals surface area contributed by atoms with Crippen molar-refractivity contribution < 1.29 is 27.5 Å². The molecule has 10 nitrogen and oxygen atoms in total. The molecule has 230 valence electrons. The van der Waals surface area contributed by atoms with E-state index < -0.39 is 22.0 Å². The van der Waals surface area contributed by atoms with Crippen molar-refractivity contribution in [2.45, 2.75) is 42.8 Å². The van der Waals surface area contributed by atoms with Gasteiger partial charge in [-0.15, -0.1) is 0 Å². The molecular formula is C32H40N4O6S. The zero-order valence-corrected chi connectivity index (χ0v) is 25.2. The fourth-order valence-electron chi connectivity index (χ4n) is 5.13. The quantitative estimate of drug-likeness (QED) is 0.198. The number of hydrogen-bond acceptors (Lipinski definition) is 8. The number of nitrogen functional groups attached to an aromatic ring is 1. The molecule has 1 unspecified atom stereocenters. The van der Waals surface area contributed by atoms with Gasteiger partial charge in [-0.3, -0.25) is 4.79 Å². The Labute approximate surface area is 253 Å². The lowest BCUT2D eigenvalue weighted by atomic mass is 10.0. The van der Waals surface area contributed by atoms with E-state index in [1.54, 1.807) is 17.0 Å². The van der Waals surface area contributed by atoms with Crippen molar-refractivity contribution in [3.05, 3.63) is 90.0 Å². The summed E-state index contributed by atoms with van der Waals surface area (Å²) in [6.07, 6.45) is 1.55. The van der Waals surface area contributed by atoms with Crippen LogP contribution in [0.2, 0.25) is 0 Å². The van der Waals surface area contributed by atoms with Crippen molar-refractivity contribution in [3.63, 3.8) is 0 Å². The van der Waals surface area contributed by atoms with Gasteiger partial charge in [0, 0.05) is 31.0 Å². The zero-order valence-electron chi connectivity index (χ0n) is 24.4. The summed E-state index contributed by atoms with van der Waals surface area (Å²) in [5.74, 6) is -0.358. The molecule has 4 N–H and O–H groups in total. The number of sulfone groups is 1.